The van der Waals surface area contributed by atoms with Crippen LogP contribution in [0.15, 0.2) is 40.9 Å². The third-order valence-corrected chi connectivity index (χ3v) is 3.64. The van der Waals surface area contributed by atoms with Gasteiger partial charge in [0.25, 0.3) is 5.91 Å². The molecule has 2 rings (SSSR count). The first-order chi connectivity index (χ1) is 8.97. The molecule has 0 fully saturated rings. The van der Waals surface area contributed by atoms with Gasteiger partial charge in [-0.25, -0.2) is 0 Å². The summed E-state index contributed by atoms with van der Waals surface area (Å²) in [6, 6.07) is 10.4. The van der Waals surface area contributed by atoms with Gasteiger partial charge < -0.3 is 11.1 Å². The minimum Gasteiger partial charge on any atom is -0.399 e. The third-order valence-electron chi connectivity index (χ3n) is 2.71. The number of aryl methyl sites for hydroxylation is 1. The molecule has 3 N–H and O–H groups in total. The molecule has 1 amide bonds. The zero-order valence-electron chi connectivity index (χ0n) is 10.2. The van der Waals surface area contributed by atoms with Crippen LogP contribution < -0.4 is 11.1 Å². The minimum atomic E-state index is -0.203. The van der Waals surface area contributed by atoms with Crippen molar-refractivity contribution in [2.45, 2.75) is 6.92 Å². The van der Waals surface area contributed by atoms with E-state index in [1.165, 1.54) is 0 Å². The maximum atomic E-state index is 12.1. The number of anilines is 2. The highest BCUT2D eigenvalue weighted by atomic mass is 79.9. The fourth-order valence-electron chi connectivity index (χ4n) is 1.60. The number of nitrogens with two attached hydrogens (primary N) is 1. The highest BCUT2D eigenvalue weighted by Gasteiger charge is 2.09. The number of amides is 1. The van der Waals surface area contributed by atoms with E-state index in [1.807, 2.05) is 6.92 Å². The molecule has 0 aliphatic heterocycles. The molecule has 0 spiro atoms. The zero-order chi connectivity index (χ0) is 14.0. The lowest BCUT2D eigenvalue weighted by Crippen LogP contribution is -2.12. The lowest BCUT2D eigenvalue weighted by Gasteiger charge is -2.09. The van der Waals surface area contributed by atoms with Gasteiger partial charge in [0, 0.05) is 20.7 Å². The SMILES string of the molecule is Cc1cc(C(=O)Nc2cc(Cl)ccc2Br)ccc1N. The van der Waals surface area contributed by atoms with Crippen molar-refractivity contribution in [3.63, 3.8) is 0 Å². The topological polar surface area (TPSA) is 55.1 Å². The molecule has 0 radical (unpaired) electrons. The molecule has 0 unspecified atom stereocenters. The maximum absolute atomic E-state index is 12.1. The molecule has 2 aromatic carbocycles. The van der Waals surface area contributed by atoms with Crippen molar-refractivity contribution in [2.75, 3.05) is 11.1 Å². The van der Waals surface area contributed by atoms with Gasteiger partial charge in [0.1, 0.15) is 0 Å². The predicted molar refractivity (Wildman–Crippen MR) is 82.7 cm³/mol. The molecule has 0 aliphatic rings. The summed E-state index contributed by atoms with van der Waals surface area (Å²) in [7, 11) is 0. The van der Waals surface area contributed by atoms with E-state index in [0.717, 1.165) is 10.0 Å². The Morgan fingerprint density at radius 3 is 2.68 bits per heavy atom. The predicted octanol–water partition coefficient (Wildman–Crippen LogP) is 4.25. The molecule has 0 aliphatic carbocycles. The van der Waals surface area contributed by atoms with E-state index in [2.05, 4.69) is 21.2 Å². The summed E-state index contributed by atoms with van der Waals surface area (Å²) in [6.45, 7) is 1.86. The van der Waals surface area contributed by atoms with Gasteiger partial charge in [-0.1, -0.05) is 11.6 Å². The highest BCUT2D eigenvalue weighted by molar-refractivity contribution is 9.10. The zero-order valence-corrected chi connectivity index (χ0v) is 12.5. The van der Waals surface area contributed by atoms with Crippen molar-refractivity contribution in [1.82, 2.24) is 0 Å². The molecule has 98 valence electrons. The molecule has 0 heterocycles. The molecule has 0 saturated carbocycles. The fraction of sp³-hybridized carbons (Fsp3) is 0.0714. The molecular formula is C14H12BrClN2O. The number of benzene rings is 2. The quantitative estimate of drug-likeness (QED) is 0.804. The van der Waals surface area contributed by atoms with Crippen molar-refractivity contribution < 1.29 is 4.79 Å². The van der Waals surface area contributed by atoms with Crippen LogP contribution in [-0.2, 0) is 0 Å². The van der Waals surface area contributed by atoms with Crippen LogP contribution in [0, 0.1) is 6.92 Å². The van der Waals surface area contributed by atoms with Crippen LogP contribution in [0.3, 0.4) is 0 Å². The number of nitrogens with one attached hydrogen (secondary N) is 1. The summed E-state index contributed by atoms with van der Waals surface area (Å²) in [5.74, 6) is -0.203. The van der Waals surface area contributed by atoms with Crippen molar-refractivity contribution >= 4 is 44.8 Å². The van der Waals surface area contributed by atoms with Crippen LogP contribution in [0.2, 0.25) is 5.02 Å². The number of halogens is 2. The van der Waals surface area contributed by atoms with Crippen molar-refractivity contribution in [1.29, 1.82) is 0 Å². The van der Waals surface area contributed by atoms with Crippen LogP contribution in [0.5, 0.6) is 0 Å². The Balaban J connectivity index is 2.25. The summed E-state index contributed by atoms with van der Waals surface area (Å²) in [5.41, 5.74) is 8.45. The first-order valence-electron chi connectivity index (χ1n) is 5.60. The van der Waals surface area contributed by atoms with Crippen LogP contribution in [-0.4, -0.2) is 5.91 Å². The van der Waals surface area contributed by atoms with Gasteiger partial charge in [-0.05, 0) is 64.8 Å². The Kier molecular flexibility index (Phi) is 4.12. The summed E-state index contributed by atoms with van der Waals surface area (Å²) < 4.78 is 0.775. The van der Waals surface area contributed by atoms with Gasteiger partial charge >= 0.3 is 0 Å². The smallest absolute Gasteiger partial charge is 0.255 e. The fourth-order valence-corrected chi connectivity index (χ4v) is 2.12. The molecular weight excluding hydrogens is 328 g/mol. The Morgan fingerprint density at radius 1 is 1.26 bits per heavy atom. The second kappa shape index (κ2) is 5.63. The average Bonchev–Trinajstić information content (AvgIpc) is 2.37. The van der Waals surface area contributed by atoms with Crippen molar-refractivity contribution in [3.8, 4) is 0 Å². The van der Waals surface area contributed by atoms with Crippen molar-refractivity contribution in [2.24, 2.45) is 0 Å². The number of hydrogen-bond acceptors (Lipinski definition) is 2. The molecule has 0 atom stereocenters. The van der Waals surface area contributed by atoms with Gasteiger partial charge in [0.05, 0.1) is 5.69 Å². The summed E-state index contributed by atoms with van der Waals surface area (Å²) in [4.78, 5) is 12.1. The molecule has 0 aromatic heterocycles. The monoisotopic (exact) mass is 338 g/mol. The Morgan fingerprint density at radius 2 is 2.00 bits per heavy atom. The van der Waals surface area contributed by atoms with E-state index in [4.69, 9.17) is 17.3 Å². The van der Waals surface area contributed by atoms with Gasteiger partial charge in [-0.3, -0.25) is 4.79 Å². The van der Waals surface area contributed by atoms with Crippen LogP contribution >= 0.6 is 27.5 Å². The number of rotatable bonds is 2. The summed E-state index contributed by atoms with van der Waals surface area (Å²) >= 11 is 9.27. The largest absolute Gasteiger partial charge is 0.399 e. The molecule has 0 bridgehead atoms. The van der Waals surface area contributed by atoms with Gasteiger partial charge in [0.2, 0.25) is 0 Å². The highest BCUT2D eigenvalue weighted by Crippen LogP contribution is 2.26. The van der Waals surface area contributed by atoms with Gasteiger partial charge in [-0.15, -0.1) is 0 Å². The Hall–Kier alpha value is -1.52. The third kappa shape index (κ3) is 3.28. The van der Waals surface area contributed by atoms with E-state index in [1.54, 1.807) is 36.4 Å². The molecule has 5 heteroatoms. The van der Waals surface area contributed by atoms with Crippen molar-refractivity contribution in [3.05, 3.63) is 57.0 Å². The van der Waals surface area contributed by atoms with E-state index in [-0.39, 0.29) is 5.91 Å². The first kappa shape index (κ1) is 13.9. The van der Waals surface area contributed by atoms with Gasteiger partial charge in [0.15, 0.2) is 0 Å². The molecule has 2 aromatic rings. The standard InChI is InChI=1S/C14H12BrClN2O/c1-8-6-9(2-5-12(8)17)14(19)18-13-7-10(16)3-4-11(13)15/h2-7H,17H2,1H3,(H,18,19). The lowest BCUT2D eigenvalue weighted by molar-refractivity contribution is 0.102. The molecule has 0 saturated heterocycles. The second-order valence-electron chi connectivity index (χ2n) is 4.15. The Bertz CT molecular complexity index is 643. The van der Waals surface area contributed by atoms with E-state index in [0.29, 0.717) is 22.0 Å². The number of carbonyl (C=O) groups is 1. The van der Waals surface area contributed by atoms with E-state index >= 15 is 0 Å². The lowest BCUT2D eigenvalue weighted by atomic mass is 10.1. The second-order valence-corrected chi connectivity index (χ2v) is 5.44. The van der Waals surface area contributed by atoms with E-state index < -0.39 is 0 Å². The maximum Gasteiger partial charge on any atom is 0.255 e. The van der Waals surface area contributed by atoms with Crippen LogP contribution in [0.25, 0.3) is 0 Å². The average molecular weight is 340 g/mol. The summed E-state index contributed by atoms with van der Waals surface area (Å²) in [6.07, 6.45) is 0. The number of carbonyl (C=O) groups excluding carboxylic acids is 1. The summed E-state index contributed by atoms with van der Waals surface area (Å²) in [5, 5.41) is 3.36. The number of hydrogen-bond donors (Lipinski definition) is 2. The van der Waals surface area contributed by atoms with E-state index in [9.17, 15) is 4.79 Å². The Labute approximate surface area is 124 Å². The minimum absolute atomic E-state index is 0.203. The first-order valence-corrected chi connectivity index (χ1v) is 6.77. The molecule has 3 nitrogen and oxygen atoms in total. The molecule has 19 heavy (non-hydrogen) atoms. The van der Waals surface area contributed by atoms with Crippen LogP contribution in [0.4, 0.5) is 11.4 Å². The van der Waals surface area contributed by atoms with Gasteiger partial charge in [-0.2, -0.15) is 0 Å². The van der Waals surface area contributed by atoms with Crippen LogP contribution in [0.1, 0.15) is 15.9 Å². The normalized spacial score (nSPS) is 10.3. The number of nitrogen functional groups attached to an aromatic ring is 1.